The van der Waals surface area contributed by atoms with E-state index < -0.39 is 17.2 Å². The molecule has 5 heteroatoms. The second-order valence-electron chi connectivity index (χ2n) is 4.66. The predicted molar refractivity (Wildman–Crippen MR) is 69.7 cm³/mol. The third-order valence-corrected chi connectivity index (χ3v) is 4.20. The fourth-order valence-electron chi connectivity index (χ4n) is 1.89. The summed E-state index contributed by atoms with van der Waals surface area (Å²) in [5, 5.41) is 0. The minimum atomic E-state index is -1.26. The highest BCUT2D eigenvalue weighted by molar-refractivity contribution is 7.82. The first-order valence-electron chi connectivity index (χ1n) is 6.14. The molecule has 3 nitrogen and oxygen atoms in total. The summed E-state index contributed by atoms with van der Waals surface area (Å²) in [5.74, 6) is 0.760. The number of benzene rings is 1. The lowest BCUT2D eigenvalue weighted by Crippen LogP contribution is -2.23. The van der Waals surface area contributed by atoms with Gasteiger partial charge < -0.3 is 4.74 Å². The molecule has 0 N–H and O–H groups in total. The SMILES string of the molecule is CC(C)Oc1ccc(S(=O)N2CCC(F)C2)cc1. The highest BCUT2D eigenvalue weighted by Gasteiger charge is 2.26. The molecule has 18 heavy (non-hydrogen) atoms. The van der Waals surface area contributed by atoms with Gasteiger partial charge in [0.05, 0.1) is 11.0 Å². The van der Waals surface area contributed by atoms with Crippen molar-refractivity contribution in [2.45, 2.75) is 37.4 Å². The number of rotatable bonds is 4. The minimum absolute atomic E-state index is 0.118. The molecule has 0 bridgehead atoms. The number of ether oxygens (including phenoxy) is 1. The lowest BCUT2D eigenvalue weighted by molar-refractivity contribution is 0.242. The van der Waals surface area contributed by atoms with Crippen LogP contribution in [0.2, 0.25) is 0 Å². The fraction of sp³-hybridized carbons (Fsp3) is 0.538. The first-order chi connectivity index (χ1) is 8.56. The molecule has 0 aliphatic carbocycles. The Balaban J connectivity index is 2.03. The maximum Gasteiger partial charge on any atom is 0.127 e. The van der Waals surface area contributed by atoms with Crippen molar-refractivity contribution in [1.82, 2.24) is 4.31 Å². The lowest BCUT2D eigenvalue weighted by atomic mass is 10.3. The van der Waals surface area contributed by atoms with E-state index >= 15 is 0 Å². The molecule has 0 spiro atoms. The van der Waals surface area contributed by atoms with Gasteiger partial charge >= 0.3 is 0 Å². The topological polar surface area (TPSA) is 29.5 Å². The second-order valence-corrected chi connectivity index (χ2v) is 6.15. The molecule has 1 aliphatic heterocycles. The highest BCUT2D eigenvalue weighted by atomic mass is 32.2. The van der Waals surface area contributed by atoms with Gasteiger partial charge in [0, 0.05) is 13.1 Å². The average Bonchev–Trinajstić information content (AvgIpc) is 2.75. The van der Waals surface area contributed by atoms with Crippen LogP contribution in [0.5, 0.6) is 5.75 Å². The Kier molecular flexibility index (Phi) is 4.35. The van der Waals surface area contributed by atoms with E-state index in [0.29, 0.717) is 17.9 Å². The monoisotopic (exact) mass is 271 g/mol. The molecule has 1 saturated heterocycles. The molecule has 0 amide bonds. The molecule has 1 aromatic carbocycles. The fourth-order valence-corrected chi connectivity index (χ4v) is 3.13. The van der Waals surface area contributed by atoms with E-state index in [9.17, 15) is 8.60 Å². The molecule has 100 valence electrons. The Hall–Kier alpha value is -0.940. The maximum atomic E-state index is 13.1. The molecular weight excluding hydrogens is 253 g/mol. The van der Waals surface area contributed by atoms with Crippen molar-refractivity contribution in [2.24, 2.45) is 0 Å². The van der Waals surface area contributed by atoms with Crippen LogP contribution in [-0.4, -0.2) is 33.9 Å². The molecule has 1 aliphatic rings. The molecule has 2 atom stereocenters. The summed E-state index contributed by atoms with van der Waals surface area (Å²) in [6, 6.07) is 7.16. The number of halogens is 1. The summed E-state index contributed by atoms with van der Waals surface area (Å²) >= 11 is 0. The number of alkyl halides is 1. The highest BCUT2D eigenvalue weighted by Crippen LogP contribution is 2.21. The zero-order valence-electron chi connectivity index (χ0n) is 10.6. The first-order valence-corrected chi connectivity index (χ1v) is 7.24. The molecule has 0 saturated carbocycles. The normalized spacial score (nSPS) is 22.3. The number of hydrogen-bond acceptors (Lipinski definition) is 2. The molecule has 2 rings (SSSR count). The van der Waals surface area contributed by atoms with Gasteiger partial charge in [0.15, 0.2) is 0 Å². The Morgan fingerprint density at radius 1 is 1.39 bits per heavy atom. The van der Waals surface area contributed by atoms with Gasteiger partial charge in [0.25, 0.3) is 0 Å². The van der Waals surface area contributed by atoms with Gasteiger partial charge in [-0.1, -0.05) is 0 Å². The van der Waals surface area contributed by atoms with E-state index in [2.05, 4.69) is 0 Å². The smallest absolute Gasteiger partial charge is 0.127 e. The molecular formula is C13H18FNO2S. The van der Waals surface area contributed by atoms with Gasteiger partial charge in [-0.2, -0.15) is 0 Å². The third-order valence-electron chi connectivity index (χ3n) is 2.73. The minimum Gasteiger partial charge on any atom is -0.491 e. The van der Waals surface area contributed by atoms with Crippen LogP contribution in [-0.2, 0) is 11.0 Å². The van der Waals surface area contributed by atoms with Crippen LogP contribution >= 0.6 is 0 Å². The largest absolute Gasteiger partial charge is 0.491 e. The standard InChI is InChI=1S/C13H18FNO2S/c1-10(2)17-12-3-5-13(6-4-12)18(16)15-8-7-11(14)9-15/h3-6,10-11H,7-9H2,1-2H3. The van der Waals surface area contributed by atoms with Crippen molar-refractivity contribution in [3.63, 3.8) is 0 Å². The van der Waals surface area contributed by atoms with Crippen LogP contribution in [0.3, 0.4) is 0 Å². The van der Waals surface area contributed by atoms with Crippen LogP contribution < -0.4 is 4.74 Å². The molecule has 1 aromatic rings. The van der Waals surface area contributed by atoms with Crippen molar-refractivity contribution < 1.29 is 13.3 Å². The van der Waals surface area contributed by atoms with Crippen LogP contribution in [0.25, 0.3) is 0 Å². The van der Waals surface area contributed by atoms with Gasteiger partial charge in [0.1, 0.15) is 22.9 Å². The number of nitrogens with zero attached hydrogens (tertiary/aromatic N) is 1. The van der Waals surface area contributed by atoms with Crippen molar-refractivity contribution >= 4 is 11.0 Å². The van der Waals surface area contributed by atoms with E-state index in [1.165, 1.54) is 0 Å². The third kappa shape index (κ3) is 3.29. The van der Waals surface area contributed by atoms with Crippen LogP contribution in [0.15, 0.2) is 29.2 Å². The molecule has 1 heterocycles. The Labute approximate surface area is 110 Å². The molecule has 0 radical (unpaired) electrons. The van der Waals surface area contributed by atoms with Gasteiger partial charge in [-0.25, -0.2) is 12.9 Å². The second kappa shape index (κ2) is 5.80. The molecule has 1 fully saturated rings. The average molecular weight is 271 g/mol. The van der Waals surface area contributed by atoms with Crippen molar-refractivity contribution in [3.8, 4) is 5.75 Å². The van der Waals surface area contributed by atoms with Crippen LogP contribution in [0.1, 0.15) is 20.3 Å². The van der Waals surface area contributed by atoms with Gasteiger partial charge in [-0.05, 0) is 44.5 Å². The Morgan fingerprint density at radius 3 is 2.56 bits per heavy atom. The van der Waals surface area contributed by atoms with Crippen molar-refractivity contribution in [3.05, 3.63) is 24.3 Å². The van der Waals surface area contributed by atoms with Crippen molar-refractivity contribution in [1.29, 1.82) is 0 Å². The molecule has 2 unspecified atom stereocenters. The maximum absolute atomic E-state index is 13.1. The predicted octanol–water partition coefficient (Wildman–Crippen LogP) is 2.54. The van der Waals surface area contributed by atoms with E-state index in [4.69, 9.17) is 4.74 Å². The Bertz CT molecular complexity index is 422. The van der Waals surface area contributed by atoms with E-state index in [1.807, 2.05) is 13.8 Å². The summed E-state index contributed by atoms with van der Waals surface area (Å²) < 4.78 is 32.4. The van der Waals surface area contributed by atoms with Gasteiger partial charge in [-0.15, -0.1) is 0 Å². The Morgan fingerprint density at radius 2 is 2.06 bits per heavy atom. The van der Waals surface area contributed by atoms with E-state index in [-0.39, 0.29) is 12.6 Å². The van der Waals surface area contributed by atoms with E-state index in [0.717, 1.165) is 5.75 Å². The van der Waals surface area contributed by atoms with Crippen LogP contribution in [0.4, 0.5) is 4.39 Å². The first kappa shape index (κ1) is 13.5. The van der Waals surface area contributed by atoms with E-state index in [1.54, 1.807) is 28.6 Å². The zero-order valence-corrected chi connectivity index (χ0v) is 11.5. The summed E-state index contributed by atoms with van der Waals surface area (Å²) in [4.78, 5) is 0.695. The molecule has 0 aromatic heterocycles. The summed E-state index contributed by atoms with van der Waals surface area (Å²) in [6.45, 7) is 4.73. The summed E-state index contributed by atoms with van der Waals surface area (Å²) in [7, 11) is -1.26. The van der Waals surface area contributed by atoms with Crippen LogP contribution in [0, 0.1) is 0 Å². The number of hydrogen-bond donors (Lipinski definition) is 0. The quantitative estimate of drug-likeness (QED) is 0.842. The summed E-state index contributed by atoms with van der Waals surface area (Å²) in [6.07, 6.45) is -0.259. The van der Waals surface area contributed by atoms with Crippen molar-refractivity contribution in [2.75, 3.05) is 13.1 Å². The lowest BCUT2D eigenvalue weighted by Gasteiger charge is -2.14. The van der Waals surface area contributed by atoms with Gasteiger partial charge in [-0.3, -0.25) is 0 Å². The zero-order chi connectivity index (χ0) is 13.1. The van der Waals surface area contributed by atoms with Gasteiger partial charge in [0.2, 0.25) is 0 Å². The summed E-state index contributed by atoms with van der Waals surface area (Å²) in [5.41, 5.74) is 0.